The maximum atomic E-state index is 5.90. The molecule has 0 bridgehead atoms. The Kier molecular flexibility index (Phi) is 3.20. The number of fused-ring (bicyclic) bond motifs is 2. The average Bonchev–Trinajstić information content (AvgIpc) is 2.90. The molecule has 1 aromatic rings. The van der Waals surface area contributed by atoms with E-state index in [0.717, 1.165) is 18.3 Å². The molecule has 0 aromatic heterocycles. The molecule has 4 atom stereocenters. The van der Waals surface area contributed by atoms with Crippen molar-refractivity contribution in [3.05, 3.63) is 29.8 Å². The number of piperidine rings is 1. The molecule has 3 heterocycles. The second-order valence-electron chi connectivity index (χ2n) is 6.69. The number of ether oxygens (including phenoxy) is 1. The fourth-order valence-corrected chi connectivity index (χ4v) is 4.34. The maximum Gasteiger partial charge on any atom is 0.124 e. The van der Waals surface area contributed by atoms with Crippen LogP contribution in [-0.4, -0.2) is 37.2 Å². The first kappa shape index (κ1) is 12.7. The highest BCUT2D eigenvalue weighted by molar-refractivity contribution is 5.38. The van der Waals surface area contributed by atoms with E-state index in [-0.39, 0.29) is 0 Å². The van der Waals surface area contributed by atoms with Crippen LogP contribution in [0.3, 0.4) is 0 Å². The van der Waals surface area contributed by atoms with Crippen molar-refractivity contribution in [3.8, 4) is 5.75 Å². The lowest BCUT2D eigenvalue weighted by Gasteiger charge is -2.37. The third-order valence-corrected chi connectivity index (χ3v) is 5.30. The predicted molar refractivity (Wildman–Crippen MR) is 79.9 cm³/mol. The molecule has 20 heavy (non-hydrogen) atoms. The van der Waals surface area contributed by atoms with E-state index in [4.69, 9.17) is 4.74 Å². The summed E-state index contributed by atoms with van der Waals surface area (Å²) in [6.07, 6.45) is 2.74. The summed E-state index contributed by atoms with van der Waals surface area (Å²) in [5.74, 6) is 2.52. The zero-order valence-corrected chi connectivity index (χ0v) is 12.2. The summed E-state index contributed by atoms with van der Waals surface area (Å²) in [5, 5.41) is 3.72. The van der Waals surface area contributed by atoms with Crippen LogP contribution in [-0.2, 0) is 0 Å². The number of nitrogens with zero attached hydrogens (tertiary/aromatic N) is 1. The van der Waals surface area contributed by atoms with Crippen molar-refractivity contribution in [1.29, 1.82) is 0 Å². The Bertz CT molecular complexity index is 476. The third kappa shape index (κ3) is 2.04. The first-order valence-electron chi connectivity index (χ1n) is 8.02. The van der Waals surface area contributed by atoms with Crippen molar-refractivity contribution in [1.82, 2.24) is 10.2 Å². The van der Waals surface area contributed by atoms with Crippen LogP contribution in [0.4, 0.5) is 0 Å². The zero-order valence-electron chi connectivity index (χ0n) is 12.2. The van der Waals surface area contributed by atoms with E-state index in [0.29, 0.717) is 18.0 Å². The number of benzene rings is 1. The molecule has 3 nitrogen and oxygen atoms in total. The van der Waals surface area contributed by atoms with Gasteiger partial charge in [0.05, 0.1) is 6.61 Å². The number of para-hydroxylation sites is 1. The minimum Gasteiger partial charge on any atom is -0.493 e. The molecule has 2 saturated heterocycles. The fourth-order valence-electron chi connectivity index (χ4n) is 4.34. The number of hydrogen-bond acceptors (Lipinski definition) is 3. The Hall–Kier alpha value is -1.06. The van der Waals surface area contributed by atoms with Gasteiger partial charge >= 0.3 is 0 Å². The number of nitrogens with one attached hydrogen (secondary N) is 1. The van der Waals surface area contributed by atoms with Crippen LogP contribution in [0.5, 0.6) is 5.75 Å². The molecule has 0 aliphatic carbocycles. The van der Waals surface area contributed by atoms with Crippen LogP contribution in [0.2, 0.25) is 0 Å². The molecule has 3 aliphatic heterocycles. The van der Waals surface area contributed by atoms with Crippen LogP contribution in [0, 0.1) is 11.8 Å². The molecule has 4 rings (SSSR count). The largest absolute Gasteiger partial charge is 0.493 e. The van der Waals surface area contributed by atoms with Gasteiger partial charge in [-0.2, -0.15) is 0 Å². The molecular formula is C17H24N2O. The van der Waals surface area contributed by atoms with Gasteiger partial charge in [-0.25, -0.2) is 0 Å². The molecular weight excluding hydrogens is 248 g/mol. The molecule has 108 valence electrons. The van der Waals surface area contributed by atoms with Crippen LogP contribution >= 0.6 is 0 Å². The average molecular weight is 272 g/mol. The Labute approximate surface area is 121 Å². The molecule has 0 radical (unpaired) electrons. The van der Waals surface area contributed by atoms with Gasteiger partial charge in [0.15, 0.2) is 0 Å². The topological polar surface area (TPSA) is 24.5 Å². The molecule has 1 aromatic carbocycles. The fraction of sp³-hybridized carbons (Fsp3) is 0.647. The monoisotopic (exact) mass is 272 g/mol. The van der Waals surface area contributed by atoms with Gasteiger partial charge in [0, 0.05) is 36.7 Å². The van der Waals surface area contributed by atoms with E-state index in [1.54, 1.807) is 0 Å². The first-order chi connectivity index (χ1) is 9.83. The Balaban J connectivity index is 1.61. The minimum atomic E-state index is 0.535. The van der Waals surface area contributed by atoms with Crippen molar-refractivity contribution in [3.63, 3.8) is 0 Å². The highest BCUT2D eigenvalue weighted by Gasteiger charge is 2.41. The second-order valence-corrected chi connectivity index (χ2v) is 6.69. The van der Waals surface area contributed by atoms with Crippen molar-refractivity contribution in [2.75, 3.05) is 26.2 Å². The van der Waals surface area contributed by atoms with Crippen molar-refractivity contribution < 1.29 is 4.74 Å². The van der Waals surface area contributed by atoms with E-state index >= 15 is 0 Å². The number of rotatable bonds is 1. The number of hydrogen-bond donors (Lipinski definition) is 1. The molecule has 1 N–H and O–H groups in total. The Morgan fingerprint density at radius 2 is 2.15 bits per heavy atom. The highest BCUT2D eigenvalue weighted by Crippen LogP contribution is 2.42. The van der Waals surface area contributed by atoms with E-state index in [2.05, 4.69) is 41.4 Å². The van der Waals surface area contributed by atoms with Crippen LogP contribution in [0.15, 0.2) is 24.3 Å². The Morgan fingerprint density at radius 3 is 3.05 bits per heavy atom. The van der Waals surface area contributed by atoms with Crippen LogP contribution in [0.1, 0.15) is 31.4 Å². The molecule has 3 aliphatic rings. The predicted octanol–water partition coefficient (Wildman–Crippen LogP) is 2.44. The van der Waals surface area contributed by atoms with Crippen molar-refractivity contribution in [2.45, 2.75) is 31.8 Å². The molecule has 0 saturated carbocycles. The lowest BCUT2D eigenvalue weighted by Crippen LogP contribution is -2.41. The van der Waals surface area contributed by atoms with Gasteiger partial charge < -0.3 is 10.1 Å². The van der Waals surface area contributed by atoms with Gasteiger partial charge in [0.1, 0.15) is 5.75 Å². The van der Waals surface area contributed by atoms with Gasteiger partial charge in [-0.05, 0) is 31.4 Å². The molecule has 0 amide bonds. The van der Waals surface area contributed by atoms with Crippen LogP contribution < -0.4 is 10.1 Å². The summed E-state index contributed by atoms with van der Waals surface area (Å²) in [5.41, 5.74) is 1.39. The second kappa shape index (κ2) is 5.05. The smallest absolute Gasteiger partial charge is 0.124 e. The van der Waals surface area contributed by atoms with Crippen molar-refractivity contribution >= 4 is 0 Å². The lowest BCUT2D eigenvalue weighted by molar-refractivity contribution is 0.105. The normalized spacial score (nSPS) is 37.0. The van der Waals surface area contributed by atoms with E-state index in [1.165, 1.54) is 38.0 Å². The molecule has 4 unspecified atom stereocenters. The summed E-state index contributed by atoms with van der Waals surface area (Å²) in [4.78, 5) is 2.71. The molecule has 0 spiro atoms. The summed E-state index contributed by atoms with van der Waals surface area (Å²) >= 11 is 0. The molecule has 3 heteroatoms. The molecule has 2 fully saturated rings. The van der Waals surface area contributed by atoms with Crippen molar-refractivity contribution in [2.24, 2.45) is 11.8 Å². The van der Waals surface area contributed by atoms with E-state index in [9.17, 15) is 0 Å². The highest BCUT2D eigenvalue weighted by atomic mass is 16.5. The van der Waals surface area contributed by atoms with Gasteiger partial charge in [-0.1, -0.05) is 25.1 Å². The summed E-state index contributed by atoms with van der Waals surface area (Å²) < 4.78 is 5.90. The SMILES string of the molecule is CC1COc2ccccc2C1N1CC2CCCNC2C1. The summed E-state index contributed by atoms with van der Waals surface area (Å²) in [6, 6.07) is 9.85. The quantitative estimate of drug-likeness (QED) is 0.850. The maximum absolute atomic E-state index is 5.90. The van der Waals surface area contributed by atoms with Crippen LogP contribution in [0.25, 0.3) is 0 Å². The Morgan fingerprint density at radius 1 is 1.25 bits per heavy atom. The van der Waals surface area contributed by atoms with Gasteiger partial charge in [-0.3, -0.25) is 4.90 Å². The third-order valence-electron chi connectivity index (χ3n) is 5.30. The standard InChI is InChI=1S/C17H24N2O/c1-12-11-20-16-7-3-2-6-14(16)17(12)19-9-13-5-4-8-18-15(13)10-19/h2-3,6-7,12-13,15,17-18H,4-5,8-11H2,1H3. The summed E-state index contributed by atoms with van der Waals surface area (Å²) in [6.45, 7) is 6.83. The number of likely N-dealkylation sites (tertiary alicyclic amines) is 1. The minimum absolute atomic E-state index is 0.535. The van der Waals surface area contributed by atoms with Gasteiger partial charge in [-0.15, -0.1) is 0 Å². The first-order valence-corrected chi connectivity index (χ1v) is 8.02. The summed E-state index contributed by atoms with van der Waals surface area (Å²) in [7, 11) is 0. The van der Waals surface area contributed by atoms with Gasteiger partial charge in [0.2, 0.25) is 0 Å². The van der Waals surface area contributed by atoms with E-state index in [1.807, 2.05) is 0 Å². The van der Waals surface area contributed by atoms with E-state index < -0.39 is 0 Å². The van der Waals surface area contributed by atoms with Gasteiger partial charge in [0.25, 0.3) is 0 Å². The lowest BCUT2D eigenvalue weighted by atomic mass is 9.90. The zero-order chi connectivity index (χ0) is 13.5.